The van der Waals surface area contributed by atoms with Crippen LogP contribution in [-0.2, 0) is 4.79 Å². The molecule has 156 valence electrons. The number of carbonyl (C=O) groups is 2. The molecule has 0 aromatic heterocycles. The van der Waals surface area contributed by atoms with Gasteiger partial charge in [-0.15, -0.1) is 0 Å². The second kappa shape index (κ2) is 9.98. The first-order valence-electron chi connectivity index (χ1n) is 9.40. The summed E-state index contributed by atoms with van der Waals surface area (Å²) in [6.45, 7) is 1.63. The number of hydrogen-bond donors (Lipinski definition) is 3. The van der Waals surface area contributed by atoms with E-state index < -0.39 is 17.6 Å². The van der Waals surface area contributed by atoms with Crippen molar-refractivity contribution in [3.05, 3.63) is 107 Å². The molecule has 0 saturated carbocycles. The molecule has 3 rings (SSSR count). The van der Waals surface area contributed by atoms with E-state index in [-0.39, 0.29) is 11.4 Å². The molecular formula is C24H20FN3O3. The van der Waals surface area contributed by atoms with Gasteiger partial charge in [0, 0.05) is 11.1 Å². The van der Waals surface area contributed by atoms with Gasteiger partial charge in [0.15, 0.2) is 0 Å². The van der Waals surface area contributed by atoms with Crippen molar-refractivity contribution in [2.24, 2.45) is 5.10 Å². The molecule has 0 saturated heterocycles. The van der Waals surface area contributed by atoms with Crippen LogP contribution in [0.4, 0.5) is 4.39 Å². The third-order valence-electron chi connectivity index (χ3n) is 4.33. The average molecular weight is 417 g/mol. The van der Waals surface area contributed by atoms with Crippen LogP contribution in [0.2, 0.25) is 0 Å². The van der Waals surface area contributed by atoms with E-state index in [0.29, 0.717) is 22.4 Å². The first-order valence-corrected chi connectivity index (χ1v) is 9.40. The maximum absolute atomic E-state index is 13.2. The van der Waals surface area contributed by atoms with E-state index in [0.717, 1.165) is 0 Å². The van der Waals surface area contributed by atoms with Gasteiger partial charge >= 0.3 is 0 Å². The molecule has 3 aromatic rings. The second-order valence-corrected chi connectivity index (χ2v) is 6.59. The highest BCUT2D eigenvalue weighted by atomic mass is 19.1. The SMILES string of the molecule is CC(=NNC(=O)C(=Cc1ccc(F)cc1)NC(=O)c1ccccc1)c1ccccc1O. The zero-order chi connectivity index (χ0) is 22.2. The van der Waals surface area contributed by atoms with Gasteiger partial charge in [-0.25, -0.2) is 9.82 Å². The summed E-state index contributed by atoms with van der Waals surface area (Å²) in [7, 11) is 0. The summed E-state index contributed by atoms with van der Waals surface area (Å²) in [6, 6.07) is 20.5. The number of nitrogens with zero attached hydrogens (tertiary/aromatic N) is 1. The molecule has 0 bridgehead atoms. The number of nitrogens with one attached hydrogen (secondary N) is 2. The first-order chi connectivity index (χ1) is 14.9. The lowest BCUT2D eigenvalue weighted by Crippen LogP contribution is -2.33. The molecule has 3 N–H and O–H groups in total. The van der Waals surface area contributed by atoms with E-state index in [4.69, 9.17) is 0 Å². The van der Waals surface area contributed by atoms with Crippen LogP contribution in [0.5, 0.6) is 5.75 Å². The topological polar surface area (TPSA) is 90.8 Å². The summed E-state index contributed by atoms with van der Waals surface area (Å²) in [5.74, 6) is -1.55. The molecule has 0 radical (unpaired) electrons. The van der Waals surface area contributed by atoms with Crippen LogP contribution in [0.1, 0.15) is 28.4 Å². The van der Waals surface area contributed by atoms with Crippen molar-refractivity contribution in [2.75, 3.05) is 0 Å². The summed E-state index contributed by atoms with van der Waals surface area (Å²) in [4.78, 5) is 25.3. The number of phenolic OH excluding ortho intramolecular Hbond substituents is 1. The smallest absolute Gasteiger partial charge is 0.287 e. The van der Waals surface area contributed by atoms with E-state index in [9.17, 15) is 19.1 Å². The number of benzene rings is 3. The number of aromatic hydroxyl groups is 1. The van der Waals surface area contributed by atoms with E-state index >= 15 is 0 Å². The van der Waals surface area contributed by atoms with Crippen molar-refractivity contribution in [1.82, 2.24) is 10.7 Å². The molecule has 0 fully saturated rings. The van der Waals surface area contributed by atoms with E-state index in [1.165, 1.54) is 36.4 Å². The Morgan fingerprint density at radius 3 is 2.26 bits per heavy atom. The monoisotopic (exact) mass is 417 g/mol. The minimum atomic E-state index is -0.677. The fourth-order valence-corrected chi connectivity index (χ4v) is 2.70. The highest BCUT2D eigenvalue weighted by molar-refractivity contribution is 6.06. The molecule has 0 spiro atoms. The number of amides is 2. The minimum Gasteiger partial charge on any atom is -0.507 e. The van der Waals surface area contributed by atoms with Gasteiger partial charge in [-0.05, 0) is 55.0 Å². The van der Waals surface area contributed by atoms with Crippen LogP contribution in [0.15, 0.2) is 89.7 Å². The Balaban J connectivity index is 1.85. The lowest BCUT2D eigenvalue weighted by molar-refractivity contribution is -0.117. The van der Waals surface area contributed by atoms with Crippen LogP contribution in [0.3, 0.4) is 0 Å². The van der Waals surface area contributed by atoms with E-state index in [2.05, 4.69) is 15.8 Å². The Bertz CT molecular complexity index is 1140. The Kier molecular flexibility index (Phi) is 6.90. The molecule has 0 atom stereocenters. The molecule has 0 aliphatic heterocycles. The molecule has 0 aliphatic carbocycles. The highest BCUT2D eigenvalue weighted by Crippen LogP contribution is 2.16. The molecule has 2 amide bonds. The summed E-state index contributed by atoms with van der Waals surface area (Å²) in [5, 5.41) is 16.5. The van der Waals surface area contributed by atoms with Crippen molar-refractivity contribution in [3.63, 3.8) is 0 Å². The van der Waals surface area contributed by atoms with Crippen molar-refractivity contribution in [2.45, 2.75) is 6.92 Å². The Morgan fingerprint density at radius 1 is 0.935 bits per heavy atom. The maximum atomic E-state index is 13.2. The van der Waals surface area contributed by atoms with Gasteiger partial charge in [-0.1, -0.05) is 42.5 Å². The standard InChI is InChI=1S/C24H20FN3O3/c1-16(20-9-5-6-10-22(20)29)27-28-24(31)21(15-17-11-13-19(25)14-12-17)26-23(30)18-7-3-2-4-8-18/h2-15,29H,1H3,(H,26,30)(H,28,31). The quantitative estimate of drug-likeness (QED) is 0.323. The lowest BCUT2D eigenvalue weighted by Gasteiger charge is -2.10. The zero-order valence-corrected chi connectivity index (χ0v) is 16.7. The summed E-state index contributed by atoms with van der Waals surface area (Å²) in [6.07, 6.45) is 1.42. The summed E-state index contributed by atoms with van der Waals surface area (Å²) < 4.78 is 13.2. The van der Waals surface area contributed by atoms with Crippen molar-refractivity contribution in [3.8, 4) is 5.75 Å². The number of para-hydroxylation sites is 1. The molecule has 0 unspecified atom stereocenters. The molecule has 6 nitrogen and oxygen atoms in total. The third kappa shape index (κ3) is 5.86. The van der Waals surface area contributed by atoms with Gasteiger partial charge in [0.25, 0.3) is 11.8 Å². The second-order valence-electron chi connectivity index (χ2n) is 6.59. The van der Waals surface area contributed by atoms with Crippen LogP contribution in [0.25, 0.3) is 6.08 Å². The largest absolute Gasteiger partial charge is 0.507 e. The predicted molar refractivity (Wildman–Crippen MR) is 117 cm³/mol. The van der Waals surface area contributed by atoms with E-state index in [1.54, 1.807) is 55.5 Å². The van der Waals surface area contributed by atoms with Gasteiger partial charge < -0.3 is 10.4 Å². The minimum absolute atomic E-state index is 0.0254. The van der Waals surface area contributed by atoms with Crippen molar-refractivity contribution in [1.29, 1.82) is 0 Å². The van der Waals surface area contributed by atoms with E-state index in [1.807, 2.05) is 0 Å². The van der Waals surface area contributed by atoms with Crippen LogP contribution in [-0.4, -0.2) is 22.6 Å². The number of phenols is 1. The Labute approximate surface area is 178 Å². The predicted octanol–water partition coefficient (Wildman–Crippen LogP) is 3.84. The summed E-state index contributed by atoms with van der Waals surface area (Å²) >= 11 is 0. The fraction of sp³-hybridized carbons (Fsp3) is 0.0417. The van der Waals surface area contributed by atoms with Gasteiger partial charge in [0.2, 0.25) is 0 Å². The number of carbonyl (C=O) groups excluding carboxylic acids is 2. The molecule has 0 aliphatic rings. The number of hydrazone groups is 1. The molecule has 7 heteroatoms. The normalized spacial score (nSPS) is 11.7. The van der Waals surface area contributed by atoms with Gasteiger partial charge in [-0.3, -0.25) is 9.59 Å². The average Bonchev–Trinajstić information content (AvgIpc) is 2.79. The lowest BCUT2D eigenvalue weighted by atomic mass is 10.1. The van der Waals surface area contributed by atoms with Crippen LogP contribution < -0.4 is 10.7 Å². The summed E-state index contributed by atoms with van der Waals surface area (Å²) in [5.41, 5.74) is 4.02. The van der Waals surface area contributed by atoms with Gasteiger partial charge in [-0.2, -0.15) is 5.10 Å². The molecule has 31 heavy (non-hydrogen) atoms. The highest BCUT2D eigenvalue weighted by Gasteiger charge is 2.15. The molecule has 3 aromatic carbocycles. The van der Waals surface area contributed by atoms with Crippen LogP contribution >= 0.6 is 0 Å². The zero-order valence-electron chi connectivity index (χ0n) is 16.7. The van der Waals surface area contributed by atoms with Gasteiger partial charge in [0.05, 0.1) is 5.71 Å². The van der Waals surface area contributed by atoms with Crippen LogP contribution in [0, 0.1) is 5.82 Å². The number of rotatable bonds is 6. The third-order valence-corrected chi connectivity index (χ3v) is 4.33. The number of halogens is 1. The fourth-order valence-electron chi connectivity index (χ4n) is 2.70. The number of hydrogen-bond acceptors (Lipinski definition) is 4. The van der Waals surface area contributed by atoms with Crippen molar-refractivity contribution < 1.29 is 19.1 Å². The Hall–Kier alpha value is -4.26. The molecular weight excluding hydrogens is 397 g/mol. The maximum Gasteiger partial charge on any atom is 0.287 e. The van der Waals surface area contributed by atoms with Gasteiger partial charge in [0.1, 0.15) is 17.3 Å². The Morgan fingerprint density at radius 2 is 1.58 bits per heavy atom. The van der Waals surface area contributed by atoms with Crippen molar-refractivity contribution >= 4 is 23.6 Å². The first kappa shape index (κ1) is 21.4. The molecule has 0 heterocycles.